The van der Waals surface area contributed by atoms with Gasteiger partial charge in [0.2, 0.25) is 5.91 Å². The van der Waals surface area contributed by atoms with E-state index in [0.717, 1.165) is 28.6 Å². The predicted molar refractivity (Wildman–Crippen MR) is 127 cm³/mol. The molecule has 34 heavy (non-hydrogen) atoms. The topological polar surface area (TPSA) is 106 Å². The van der Waals surface area contributed by atoms with Gasteiger partial charge in [-0.1, -0.05) is 30.3 Å². The van der Waals surface area contributed by atoms with Crippen molar-refractivity contribution >= 4 is 17.0 Å². The smallest absolute Gasteiger partial charge is 0.408 e. The van der Waals surface area contributed by atoms with Gasteiger partial charge in [0.1, 0.15) is 6.04 Å². The van der Waals surface area contributed by atoms with E-state index in [1.807, 2.05) is 42.5 Å². The van der Waals surface area contributed by atoms with Crippen molar-refractivity contribution in [1.29, 1.82) is 5.26 Å². The van der Waals surface area contributed by atoms with Gasteiger partial charge >= 0.3 is 5.76 Å². The largest absolute Gasteiger partial charge is 0.419 e. The van der Waals surface area contributed by atoms with E-state index in [1.165, 1.54) is 0 Å². The highest BCUT2D eigenvalue weighted by molar-refractivity contribution is 5.81. The first kappa shape index (κ1) is 23.7. The molecule has 1 atom stereocenters. The molecule has 1 N–H and O–H groups in total. The first-order valence-electron chi connectivity index (χ1n) is 11.6. The van der Waals surface area contributed by atoms with Crippen LogP contribution >= 0.6 is 0 Å². The van der Waals surface area contributed by atoms with Crippen molar-refractivity contribution < 1.29 is 18.7 Å². The van der Waals surface area contributed by atoms with Crippen LogP contribution in [0.25, 0.3) is 22.2 Å². The number of nitriles is 1. The Morgan fingerprint density at radius 3 is 2.65 bits per heavy atom. The van der Waals surface area contributed by atoms with Gasteiger partial charge in [0.05, 0.1) is 11.6 Å². The van der Waals surface area contributed by atoms with Crippen molar-refractivity contribution in [3.8, 4) is 17.2 Å². The Balaban J connectivity index is 1.45. The zero-order valence-electron chi connectivity index (χ0n) is 19.3. The minimum absolute atomic E-state index is 0.0727. The van der Waals surface area contributed by atoms with Crippen LogP contribution in [0.3, 0.4) is 0 Å². The molecule has 3 aromatic rings. The second-order valence-electron chi connectivity index (χ2n) is 8.53. The molecule has 0 aliphatic carbocycles. The van der Waals surface area contributed by atoms with Crippen LogP contribution in [0.15, 0.2) is 51.7 Å². The van der Waals surface area contributed by atoms with E-state index in [2.05, 4.69) is 11.4 Å². The quantitative estimate of drug-likeness (QED) is 0.488. The maximum absolute atomic E-state index is 12.5. The summed E-state index contributed by atoms with van der Waals surface area (Å²) in [6, 6.07) is 15.2. The fourth-order valence-corrected chi connectivity index (χ4v) is 4.27. The first-order chi connectivity index (χ1) is 16.6. The van der Waals surface area contributed by atoms with Crippen molar-refractivity contribution in [2.45, 2.75) is 38.3 Å². The summed E-state index contributed by atoms with van der Waals surface area (Å²) in [6.45, 7) is 2.27. The number of hydrogen-bond acceptors (Lipinski definition) is 6. The number of hydrogen-bond donors (Lipinski definition) is 1. The summed E-state index contributed by atoms with van der Waals surface area (Å²) in [6.07, 6.45) is 2.54. The highest BCUT2D eigenvalue weighted by Crippen LogP contribution is 2.25. The molecule has 1 aliphatic heterocycles. The Morgan fingerprint density at radius 1 is 1.21 bits per heavy atom. The van der Waals surface area contributed by atoms with E-state index in [-0.39, 0.29) is 17.6 Å². The summed E-state index contributed by atoms with van der Waals surface area (Å²) in [4.78, 5) is 24.7. The highest BCUT2D eigenvalue weighted by Gasteiger charge is 2.23. The summed E-state index contributed by atoms with van der Waals surface area (Å²) in [5.74, 6) is -0.530. The fourth-order valence-electron chi connectivity index (χ4n) is 4.27. The molecule has 1 amide bonds. The monoisotopic (exact) mass is 463 g/mol. The summed E-state index contributed by atoms with van der Waals surface area (Å²) >= 11 is 0. The lowest BCUT2D eigenvalue weighted by atomic mass is 9.97. The number of ether oxygens (including phenoxy) is 2. The number of carbonyl (C=O) groups excluding carboxylic acids is 1. The first-order valence-corrected chi connectivity index (χ1v) is 11.6. The van der Waals surface area contributed by atoms with Gasteiger partial charge in [-0.25, -0.2) is 4.79 Å². The van der Waals surface area contributed by atoms with Crippen molar-refractivity contribution in [3.05, 3.63) is 58.6 Å². The van der Waals surface area contributed by atoms with Crippen LogP contribution < -0.4 is 11.1 Å². The Labute approximate surface area is 198 Å². The standard InChI is InChI=1S/C26H29N3O5/c1-32-12-2-11-29-23-16-21(7-8-24(23)34-26(29)31)19-5-3-18(4-6-19)15-22(17-27)28-25(30)20-9-13-33-14-10-20/h3-8,16,20,22H,2,9-15H2,1H3,(H,28,30). The number of amides is 1. The molecule has 2 heterocycles. The number of methoxy groups -OCH3 is 1. The van der Waals surface area contributed by atoms with Gasteiger partial charge in [-0.15, -0.1) is 0 Å². The average Bonchev–Trinajstić information content (AvgIpc) is 3.19. The van der Waals surface area contributed by atoms with Crippen molar-refractivity contribution in [1.82, 2.24) is 9.88 Å². The summed E-state index contributed by atoms with van der Waals surface area (Å²) in [7, 11) is 1.64. The van der Waals surface area contributed by atoms with Gasteiger partial charge in [0.15, 0.2) is 5.58 Å². The van der Waals surface area contributed by atoms with Gasteiger partial charge in [-0.05, 0) is 48.1 Å². The zero-order valence-corrected chi connectivity index (χ0v) is 19.3. The van der Waals surface area contributed by atoms with E-state index in [4.69, 9.17) is 13.9 Å². The van der Waals surface area contributed by atoms with Crippen molar-refractivity contribution in [3.63, 3.8) is 0 Å². The Kier molecular flexibility index (Phi) is 7.78. The van der Waals surface area contributed by atoms with E-state index >= 15 is 0 Å². The Morgan fingerprint density at radius 2 is 1.94 bits per heavy atom. The molecule has 1 fully saturated rings. The van der Waals surface area contributed by atoms with Crippen LogP contribution in [0.4, 0.5) is 0 Å². The predicted octanol–water partition coefficient (Wildman–Crippen LogP) is 3.28. The average molecular weight is 464 g/mol. The van der Waals surface area contributed by atoms with Crippen LogP contribution in [-0.2, 0) is 27.2 Å². The van der Waals surface area contributed by atoms with Crippen LogP contribution in [0.1, 0.15) is 24.8 Å². The number of rotatable bonds is 9. The summed E-state index contributed by atoms with van der Waals surface area (Å²) in [5.41, 5.74) is 4.22. The molecule has 8 heteroatoms. The second-order valence-corrected chi connectivity index (χ2v) is 8.53. The summed E-state index contributed by atoms with van der Waals surface area (Å²) < 4.78 is 17.4. The number of aryl methyl sites for hydroxylation is 1. The lowest BCUT2D eigenvalue weighted by molar-refractivity contribution is -0.128. The third-order valence-corrected chi connectivity index (χ3v) is 6.19. The number of carbonyl (C=O) groups is 1. The number of nitrogens with one attached hydrogen (secondary N) is 1. The molecule has 0 radical (unpaired) electrons. The molecule has 1 saturated heterocycles. The summed E-state index contributed by atoms with van der Waals surface area (Å²) in [5, 5.41) is 12.4. The molecule has 0 saturated carbocycles. The molecule has 0 bridgehead atoms. The van der Waals surface area contributed by atoms with Crippen LogP contribution in [0, 0.1) is 17.2 Å². The fraction of sp³-hybridized carbons (Fsp3) is 0.423. The lowest BCUT2D eigenvalue weighted by Crippen LogP contribution is -2.41. The maximum Gasteiger partial charge on any atom is 0.419 e. The third kappa shape index (κ3) is 5.56. The molecule has 178 valence electrons. The van der Waals surface area contributed by atoms with Crippen LogP contribution in [0.2, 0.25) is 0 Å². The lowest BCUT2D eigenvalue weighted by Gasteiger charge is -2.22. The third-order valence-electron chi connectivity index (χ3n) is 6.19. The number of aromatic nitrogens is 1. The molecular formula is C26H29N3O5. The molecule has 1 aliphatic rings. The van der Waals surface area contributed by atoms with Crippen LogP contribution in [0.5, 0.6) is 0 Å². The van der Waals surface area contributed by atoms with Crippen LogP contribution in [-0.4, -0.2) is 43.4 Å². The van der Waals surface area contributed by atoms with Gasteiger partial charge in [0, 0.05) is 45.8 Å². The molecule has 0 spiro atoms. The normalized spacial score (nSPS) is 15.2. The van der Waals surface area contributed by atoms with E-state index in [1.54, 1.807) is 11.7 Å². The van der Waals surface area contributed by atoms with Crippen molar-refractivity contribution in [2.24, 2.45) is 5.92 Å². The van der Waals surface area contributed by atoms with Gasteiger partial charge in [0.25, 0.3) is 0 Å². The zero-order chi connectivity index (χ0) is 23.9. The van der Waals surface area contributed by atoms with E-state index in [9.17, 15) is 14.9 Å². The number of nitrogens with zero attached hydrogens (tertiary/aromatic N) is 2. The van der Waals surface area contributed by atoms with Gasteiger partial charge < -0.3 is 19.2 Å². The molecule has 4 rings (SSSR count). The second kappa shape index (κ2) is 11.1. The van der Waals surface area contributed by atoms with Crippen molar-refractivity contribution in [2.75, 3.05) is 26.9 Å². The minimum atomic E-state index is -0.579. The molecule has 2 aromatic carbocycles. The Hall–Kier alpha value is -3.41. The van der Waals surface area contributed by atoms with Gasteiger partial charge in [-0.3, -0.25) is 9.36 Å². The molecule has 8 nitrogen and oxygen atoms in total. The number of benzene rings is 2. The maximum atomic E-state index is 12.5. The number of oxazole rings is 1. The van der Waals surface area contributed by atoms with Gasteiger partial charge in [-0.2, -0.15) is 5.26 Å². The molecule has 1 unspecified atom stereocenters. The Bertz CT molecular complexity index is 1220. The molecule has 1 aromatic heterocycles. The highest BCUT2D eigenvalue weighted by atomic mass is 16.5. The molecular weight excluding hydrogens is 434 g/mol. The minimum Gasteiger partial charge on any atom is -0.408 e. The van der Waals surface area contributed by atoms with E-state index in [0.29, 0.717) is 51.2 Å². The number of fused-ring (bicyclic) bond motifs is 1. The van der Waals surface area contributed by atoms with E-state index < -0.39 is 6.04 Å². The SMILES string of the molecule is COCCCn1c(=O)oc2ccc(-c3ccc(CC(C#N)NC(=O)C4CCOCC4)cc3)cc21.